The van der Waals surface area contributed by atoms with E-state index in [1.54, 1.807) is 36.4 Å². The first-order chi connectivity index (χ1) is 14.1. The molecule has 3 aromatic carbocycles. The fourth-order valence-corrected chi connectivity index (χ4v) is 3.23. The van der Waals surface area contributed by atoms with E-state index in [9.17, 15) is 9.59 Å². The van der Waals surface area contributed by atoms with Gasteiger partial charge in [-0.1, -0.05) is 58.4 Å². The number of furan rings is 1. The van der Waals surface area contributed by atoms with E-state index in [0.717, 1.165) is 10.0 Å². The van der Waals surface area contributed by atoms with Gasteiger partial charge in [-0.25, -0.2) is 0 Å². The third-order valence-electron chi connectivity index (χ3n) is 4.38. The summed E-state index contributed by atoms with van der Waals surface area (Å²) in [6.07, 6.45) is 3.15. The molecule has 4 rings (SSSR count). The number of carbonyl (C=O) groups is 2. The Bertz CT molecular complexity index is 1210. The maximum atomic E-state index is 13.0. The molecule has 4 nitrogen and oxygen atoms in total. The number of rotatable bonds is 5. The number of carbonyl (C=O) groups excluding carboxylic acids is 2. The molecule has 0 aliphatic rings. The van der Waals surface area contributed by atoms with Gasteiger partial charge < -0.3 is 9.73 Å². The number of hydrogen-bond donors (Lipinski definition) is 1. The highest BCUT2D eigenvalue weighted by atomic mass is 79.9. The molecule has 4 aromatic rings. The van der Waals surface area contributed by atoms with Crippen LogP contribution in [0.25, 0.3) is 17.0 Å². The summed E-state index contributed by atoms with van der Waals surface area (Å²) in [7, 11) is 0. The second-order valence-corrected chi connectivity index (χ2v) is 7.29. The smallest absolute Gasteiger partial charge is 0.248 e. The molecule has 0 spiro atoms. The lowest BCUT2D eigenvalue weighted by atomic mass is 10.1. The van der Waals surface area contributed by atoms with E-state index < -0.39 is 0 Å². The fraction of sp³-hybridized carbons (Fsp3) is 0. The van der Waals surface area contributed by atoms with Crippen molar-refractivity contribution >= 4 is 50.4 Å². The van der Waals surface area contributed by atoms with Crippen LogP contribution >= 0.6 is 15.9 Å². The Balaban J connectivity index is 1.68. The molecule has 1 amide bonds. The molecule has 0 aliphatic carbocycles. The molecule has 1 aromatic heterocycles. The molecular weight excluding hydrogens is 430 g/mol. The van der Waals surface area contributed by atoms with Crippen molar-refractivity contribution in [3.05, 3.63) is 106 Å². The van der Waals surface area contributed by atoms with Crippen LogP contribution in [0, 0.1) is 0 Å². The number of fused-ring (bicyclic) bond motifs is 1. The second kappa shape index (κ2) is 8.29. The van der Waals surface area contributed by atoms with Crippen molar-refractivity contribution in [1.29, 1.82) is 0 Å². The Morgan fingerprint density at radius 1 is 0.862 bits per heavy atom. The van der Waals surface area contributed by atoms with E-state index in [1.807, 2.05) is 48.5 Å². The molecule has 0 saturated carbocycles. The zero-order valence-corrected chi connectivity index (χ0v) is 16.8. The van der Waals surface area contributed by atoms with E-state index in [0.29, 0.717) is 22.2 Å². The minimum atomic E-state index is -0.342. The summed E-state index contributed by atoms with van der Waals surface area (Å²) in [6, 6.07) is 23.7. The summed E-state index contributed by atoms with van der Waals surface area (Å²) in [5.74, 6) is -0.531. The average Bonchev–Trinajstić information content (AvgIpc) is 3.11. The molecule has 1 heterocycles. The predicted octanol–water partition coefficient (Wildman–Crippen LogP) is 6.08. The van der Waals surface area contributed by atoms with Crippen LogP contribution in [0.1, 0.15) is 21.7 Å². The average molecular weight is 446 g/mol. The first-order valence-electron chi connectivity index (χ1n) is 8.98. The van der Waals surface area contributed by atoms with Crippen molar-refractivity contribution in [2.45, 2.75) is 0 Å². The monoisotopic (exact) mass is 445 g/mol. The summed E-state index contributed by atoms with van der Waals surface area (Å²) in [5.41, 5.74) is 2.29. The molecule has 0 radical (unpaired) electrons. The third-order valence-corrected chi connectivity index (χ3v) is 4.91. The van der Waals surface area contributed by atoms with Crippen molar-refractivity contribution in [1.82, 2.24) is 0 Å². The van der Waals surface area contributed by atoms with Crippen LogP contribution in [0.2, 0.25) is 0 Å². The number of para-hydroxylation sites is 1. The number of benzene rings is 3. The Kier molecular flexibility index (Phi) is 5.40. The van der Waals surface area contributed by atoms with Gasteiger partial charge in [0.15, 0.2) is 5.76 Å². The molecule has 0 unspecified atom stereocenters. The lowest BCUT2D eigenvalue weighted by molar-refractivity contribution is -0.111. The summed E-state index contributed by atoms with van der Waals surface area (Å²) in [5, 5.41) is 3.49. The zero-order chi connectivity index (χ0) is 20.2. The van der Waals surface area contributed by atoms with E-state index in [2.05, 4.69) is 21.2 Å². The standard InChI is InChI=1S/C24H16BrNO3/c25-18-13-11-17(12-14-18)23(28)24-22(19-8-4-5-9-20(19)29-24)26-21(27)15-10-16-6-2-1-3-7-16/h1-15H,(H,26,27)/b15-10+. The Labute approximate surface area is 176 Å². The third kappa shape index (κ3) is 4.20. The number of hydrogen-bond acceptors (Lipinski definition) is 3. The summed E-state index contributed by atoms with van der Waals surface area (Å²) < 4.78 is 6.68. The molecule has 142 valence electrons. The molecule has 5 heteroatoms. The van der Waals surface area contributed by atoms with Gasteiger partial charge in [-0.05, 0) is 48.0 Å². The molecule has 1 N–H and O–H groups in total. The molecule has 0 saturated heterocycles. The van der Waals surface area contributed by atoms with Crippen molar-refractivity contribution in [3.63, 3.8) is 0 Å². The van der Waals surface area contributed by atoms with Crippen molar-refractivity contribution in [2.24, 2.45) is 0 Å². The number of ketones is 1. The van der Waals surface area contributed by atoms with Crippen LogP contribution in [0.3, 0.4) is 0 Å². The van der Waals surface area contributed by atoms with E-state index in [4.69, 9.17) is 4.42 Å². The molecule has 0 fully saturated rings. The normalized spacial score (nSPS) is 11.1. The van der Waals surface area contributed by atoms with Crippen molar-refractivity contribution in [2.75, 3.05) is 5.32 Å². The van der Waals surface area contributed by atoms with Crippen molar-refractivity contribution < 1.29 is 14.0 Å². The maximum Gasteiger partial charge on any atom is 0.248 e. The lowest BCUT2D eigenvalue weighted by Crippen LogP contribution is -2.11. The van der Waals surface area contributed by atoms with Gasteiger partial charge in [0, 0.05) is 21.5 Å². The number of anilines is 1. The first-order valence-corrected chi connectivity index (χ1v) is 9.77. The van der Waals surface area contributed by atoms with Gasteiger partial charge in [0.25, 0.3) is 0 Å². The van der Waals surface area contributed by atoms with Crippen LogP contribution in [0.5, 0.6) is 0 Å². The van der Waals surface area contributed by atoms with E-state index in [1.165, 1.54) is 6.08 Å². The van der Waals surface area contributed by atoms with Crippen LogP contribution in [-0.2, 0) is 4.79 Å². The minimum Gasteiger partial charge on any atom is -0.450 e. The predicted molar refractivity (Wildman–Crippen MR) is 118 cm³/mol. The second-order valence-electron chi connectivity index (χ2n) is 6.37. The largest absolute Gasteiger partial charge is 0.450 e. The van der Waals surface area contributed by atoms with Crippen LogP contribution in [-0.4, -0.2) is 11.7 Å². The Morgan fingerprint density at radius 3 is 2.31 bits per heavy atom. The topological polar surface area (TPSA) is 59.3 Å². The lowest BCUT2D eigenvalue weighted by Gasteiger charge is -2.04. The molecular formula is C24H16BrNO3. The quantitative estimate of drug-likeness (QED) is 0.299. The van der Waals surface area contributed by atoms with Crippen LogP contribution < -0.4 is 5.32 Å². The first kappa shape index (κ1) is 18.9. The number of amides is 1. The molecule has 0 atom stereocenters. The molecule has 29 heavy (non-hydrogen) atoms. The molecule has 0 bridgehead atoms. The van der Waals surface area contributed by atoms with Gasteiger partial charge in [-0.3, -0.25) is 9.59 Å². The van der Waals surface area contributed by atoms with Crippen LogP contribution in [0.15, 0.2) is 93.8 Å². The summed E-state index contributed by atoms with van der Waals surface area (Å²) in [6.45, 7) is 0. The van der Waals surface area contributed by atoms with Crippen molar-refractivity contribution in [3.8, 4) is 0 Å². The van der Waals surface area contributed by atoms with Gasteiger partial charge in [-0.15, -0.1) is 0 Å². The highest BCUT2D eigenvalue weighted by molar-refractivity contribution is 9.10. The van der Waals surface area contributed by atoms with E-state index >= 15 is 0 Å². The summed E-state index contributed by atoms with van der Waals surface area (Å²) >= 11 is 3.36. The van der Waals surface area contributed by atoms with Gasteiger partial charge in [0.2, 0.25) is 11.7 Å². The van der Waals surface area contributed by atoms with Crippen LogP contribution in [0.4, 0.5) is 5.69 Å². The van der Waals surface area contributed by atoms with Gasteiger partial charge in [0.05, 0.1) is 5.69 Å². The highest BCUT2D eigenvalue weighted by Crippen LogP contribution is 2.32. The maximum absolute atomic E-state index is 13.0. The Morgan fingerprint density at radius 2 is 1.55 bits per heavy atom. The zero-order valence-electron chi connectivity index (χ0n) is 15.3. The molecule has 0 aliphatic heterocycles. The summed E-state index contributed by atoms with van der Waals surface area (Å²) in [4.78, 5) is 25.6. The SMILES string of the molecule is O=C(/C=C/c1ccccc1)Nc1c(C(=O)c2ccc(Br)cc2)oc2ccccc12. The van der Waals surface area contributed by atoms with Gasteiger partial charge in [0.1, 0.15) is 5.58 Å². The van der Waals surface area contributed by atoms with Gasteiger partial charge in [-0.2, -0.15) is 0 Å². The Hall–Kier alpha value is -3.44. The highest BCUT2D eigenvalue weighted by Gasteiger charge is 2.22. The van der Waals surface area contributed by atoms with Gasteiger partial charge >= 0.3 is 0 Å². The number of halogens is 1. The fourth-order valence-electron chi connectivity index (χ4n) is 2.96. The number of nitrogens with one attached hydrogen (secondary N) is 1. The van der Waals surface area contributed by atoms with E-state index in [-0.39, 0.29) is 17.5 Å². The minimum absolute atomic E-state index is 0.106.